The minimum Gasteiger partial charge on any atom is -0.481 e. The van der Waals surface area contributed by atoms with E-state index >= 15 is 0 Å². The van der Waals surface area contributed by atoms with Gasteiger partial charge in [-0.2, -0.15) is 11.8 Å². The highest BCUT2D eigenvalue weighted by Crippen LogP contribution is 2.35. The van der Waals surface area contributed by atoms with Gasteiger partial charge >= 0.3 is 5.97 Å². The minimum absolute atomic E-state index is 0.0920. The van der Waals surface area contributed by atoms with Gasteiger partial charge in [0, 0.05) is 17.8 Å². The zero-order chi connectivity index (χ0) is 10.8. The van der Waals surface area contributed by atoms with Crippen LogP contribution in [0, 0.1) is 5.92 Å². The van der Waals surface area contributed by atoms with E-state index in [1.165, 1.54) is 12.8 Å². The van der Waals surface area contributed by atoms with Crippen molar-refractivity contribution in [2.24, 2.45) is 5.92 Å². The smallest absolute Gasteiger partial charge is 0.308 e. The Labute approximate surface area is 95.2 Å². The molecule has 86 valence electrons. The number of carboxylic acids is 1. The predicted octanol–water partition coefficient (Wildman–Crippen LogP) is 1.68. The summed E-state index contributed by atoms with van der Waals surface area (Å²) in [6.07, 6.45) is 6.64. The molecule has 1 aliphatic carbocycles. The average Bonchev–Trinajstić information content (AvgIpc) is 2.15. The molecule has 2 aliphatic rings. The summed E-state index contributed by atoms with van der Waals surface area (Å²) in [6.45, 7) is 2.20. The second kappa shape index (κ2) is 4.74. The van der Waals surface area contributed by atoms with Crippen LogP contribution in [0.25, 0.3) is 0 Å². The molecule has 0 amide bonds. The Morgan fingerprint density at radius 1 is 1.40 bits per heavy atom. The lowest BCUT2D eigenvalue weighted by molar-refractivity contribution is -0.149. The molecule has 3 atom stereocenters. The van der Waals surface area contributed by atoms with E-state index in [-0.39, 0.29) is 5.92 Å². The van der Waals surface area contributed by atoms with Gasteiger partial charge in [0.25, 0.3) is 0 Å². The minimum atomic E-state index is -0.600. The van der Waals surface area contributed by atoms with Gasteiger partial charge in [-0.3, -0.25) is 9.69 Å². The lowest BCUT2D eigenvalue weighted by Gasteiger charge is -2.45. The van der Waals surface area contributed by atoms with Crippen LogP contribution < -0.4 is 0 Å². The third-order valence-electron chi connectivity index (χ3n) is 3.77. The molecule has 15 heavy (non-hydrogen) atoms. The maximum Gasteiger partial charge on any atom is 0.308 e. The van der Waals surface area contributed by atoms with Crippen LogP contribution >= 0.6 is 11.8 Å². The van der Waals surface area contributed by atoms with E-state index < -0.39 is 5.97 Å². The van der Waals surface area contributed by atoms with Crippen molar-refractivity contribution in [3.8, 4) is 0 Å². The van der Waals surface area contributed by atoms with Crippen molar-refractivity contribution < 1.29 is 9.90 Å². The Kier molecular flexibility index (Phi) is 3.57. The molecule has 3 nitrogen and oxygen atoms in total. The molecule has 4 heteroatoms. The second-order valence-corrected chi connectivity index (χ2v) is 5.72. The molecule has 1 aliphatic heterocycles. The molecule has 0 aromatic heterocycles. The highest BCUT2D eigenvalue weighted by Gasteiger charge is 2.41. The molecule has 1 saturated heterocycles. The van der Waals surface area contributed by atoms with E-state index in [1.807, 2.05) is 11.8 Å². The largest absolute Gasteiger partial charge is 0.481 e. The molecule has 1 heterocycles. The fourth-order valence-electron chi connectivity index (χ4n) is 2.67. The van der Waals surface area contributed by atoms with Crippen molar-refractivity contribution in [3.63, 3.8) is 0 Å². The number of likely N-dealkylation sites (tertiary alicyclic amines) is 1. The first-order chi connectivity index (χ1) is 7.22. The van der Waals surface area contributed by atoms with Crippen LogP contribution in [0.4, 0.5) is 0 Å². The summed E-state index contributed by atoms with van der Waals surface area (Å²) < 4.78 is 0. The summed E-state index contributed by atoms with van der Waals surface area (Å²) in [7, 11) is 0. The van der Waals surface area contributed by atoms with Crippen molar-refractivity contribution in [3.05, 3.63) is 0 Å². The fraction of sp³-hybridized carbons (Fsp3) is 0.909. The van der Waals surface area contributed by atoms with Gasteiger partial charge in [-0.1, -0.05) is 0 Å². The van der Waals surface area contributed by atoms with Crippen molar-refractivity contribution in [2.75, 3.05) is 19.3 Å². The molecule has 1 N–H and O–H groups in total. The summed E-state index contributed by atoms with van der Waals surface area (Å²) in [6, 6.07) is 0.331. The lowest BCUT2D eigenvalue weighted by Crippen LogP contribution is -2.53. The zero-order valence-electron chi connectivity index (χ0n) is 9.19. The molecular formula is C11H19NO2S. The number of carbonyl (C=O) groups is 1. The number of hydrogen-bond donors (Lipinski definition) is 1. The van der Waals surface area contributed by atoms with Crippen LogP contribution in [0.3, 0.4) is 0 Å². The van der Waals surface area contributed by atoms with E-state index in [9.17, 15) is 4.79 Å². The van der Waals surface area contributed by atoms with Crippen molar-refractivity contribution >= 4 is 17.7 Å². The van der Waals surface area contributed by atoms with E-state index in [4.69, 9.17) is 5.11 Å². The van der Waals surface area contributed by atoms with Crippen LogP contribution in [-0.4, -0.2) is 46.6 Å². The Balaban J connectivity index is 1.90. The molecule has 0 aromatic rings. The van der Waals surface area contributed by atoms with Gasteiger partial charge in [-0.25, -0.2) is 0 Å². The van der Waals surface area contributed by atoms with E-state index in [1.54, 1.807) is 0 Å². The topological polar surface area (TPSA) is 40.5 Å². The van der Waals surface area contributed by atoms with E-state index in [2.05, 4.69) is 11.2 Å². The SMILES string of the molecule is CSC1CCCN(C2CCC2C(=O)O)C1. The third kappa shape index (κ3) is 2.31. The summed E-state index contributed by atoms with van der Waals surface area (Å²) in [5.41, 5.74) is 0. The fourth-order valence-corrected chi connectivity index (χ4v) is 3.41. The number of carboxylic acid groups (broad SMARTS) is 1. The predicted molar refractivity (Wildman–Crippen MR) is 62.3 cm³/mol. The first-order valence-corrected chi connectivity index (χ1v) is 7.01. The van der Waals surface area contributed by atoms with Crippen molar-refractivity contribution in [1.29, 1.82) is 0 Å². The van der Waals surface area contributed by atoms with Crippen LogP contribution in [0.2, 0.25) is 0 Å². The van der Waals surface area contributed by atoms with Gasteiger partial charge in [0.2, 0.25) is 0 Å². The van der Waals surface area contributed by atoms with Gasteiger partial charge in [0.05, 0.1) is 5.92 Å². The summed E-state index contributed by atoms with van der Waals surface area (Å²) >= 11 is 1.92. The molecule has 0 radical (unpaired) electrons. The van der Waals surface area contributed by atoms with E-state index in [0.717, 1.165) is 25.9 Å². The number of nitrogens with zero attached hydrogens (tertiary/aromatic N) is 1. The molecule has 1 saturated carbocycles. The summed E-state index contributed by atoms with van der Waals surface area (Å²) in [4.78, 5) is 13.4. The molecule has 3 unspecified atom stereocenters. The van der Waals surface area contributed by atoms with Crippen LogP contribution in [-0.2, 0) is 4.79 Å². The highest BCUT2D eigenvalue weighted by atomic mass is 32.2. The number of hydrogen-bond acceptors (Lipinski definition) is 3. The van der Waals surface area contributed by atoms with Crippen molar-refractivity contribution in [1.82, 2.24) is 4.90 Å². The zero-order valence-corrected chi connectivity index (χ0v) is 10.0. The molecule has 2 fully saturated rings. The third-order valence-corrected chi connectivity index (χ3v) is 4.82. The molecule has 0 aromatic carbocycles. The van der Waals surface area contributed by atoms with Crippen LogP contribution in [0.1, 0.15) is 25.7 Å². The summed E-state index contributed by atoms with van der Waals surface area (Å²) in [5, 5.41) is 9.74. The van der Waals surface area contributed by atoms with Gasteiger partial charge < -0.3 is 5.11 Å². The Bertz CT molecular complexity index is 247. The van der Waals surface area contributed by atoms with Gasteiger partial charge in [-0.05, 0) is 38.5 Å². The van der Waals surface area contributed by atoms with Gasteiger partial charge in [0.15, 0.2) is 0 Å². The molecule has 0 spiro atoms. The number of aliphatic carboxylic acids is 1. The monoisotopic (exact) mass is 229 g/mol. The van der Waals surface area contributed by atoms with E-state index in [0.29, 0.717) is 11.3 Å². The molecule has 0 bridgehead atoms. The average molecular weight is 229 g/mol. The van der Waals surface area contributed by atoms with Gasteiger partial charge in [-0.15, -0.1) is 0 Å². The first kappa shape index (κ1) is 11.3. The first-order valence-electron chi connectivity index (χ1n) is 5.72. The number of rotatable bonds is 3. The second-order valence-electron chi connectivity index (χ2n) is 4.58. The highest BCUT2D eigenvalue weighted by molar-refractivity contribution is 7.99. The molecular weight excluding hydrogens is 210 g/mol. The van der Waals surface area contributed by atoms with Crippen LogP contribution in [0.15, 0.2) is 0 Å². The maximum absolute atomic E-state index is 11.0. The maximum atomic E-state index is 11.0. The number of piperidine rings is 1. The Morgan fingerprint density at radius 3 is 2.73 bits per heavy atom. The Morgan fingerprint density at radius 2 is 2.20 bits per heavy atom. The quantitative estimate of drug-likeness (QED) is 0.799. The lowest BCUT2D eigenvalue weighted by atomic mass is 9.78. The number of thioether (sulfide) groups is 1. The summed E-state index contributed by atoms with van der Waals surface area (Å²) in [5.74, 6) is -0.692. The van der Waals surface area contributed by atoms with Crippen molar-refractivity contribution in [2.45, 2.75) is 37.0 Å². The molecule has 2 rings (SSSR count). The normalized spacial score (nSPS) is 37.3. The Hall–Kier alpha value is -0.220. The standard InChI is InChI=1S/C11H19NO2S/c1-15-8-3-2-6-12(7-8)10-5-4-9(10)11(13)14/h8-10H,2-7H2,1H3,(H,13,14). The van der Waals surface area contributed by atoms with Crippen LogP contribution in [0.5, 0.6) is 0 Å². The van der Waals surface area contributed by atoms with Gasteiger partial charge in [0.1, 0.15) is 0 Å².